The number of hydrogen-bond acceptors (Lipinski definition) is 5. The van der Waals surface area contributed by atoms with Crippen LogP contribution < -0.4 is 5.56 Å². The van der Waals surface area contributed by atoms with Crippen molar-refractivity contribution in [2.75, 3.05) is 6.54 Å². The van der Waals surface area contributed by atoms with Crippen molar-refractivity contribution in [3.05, 3.63) is 80.7 Å². The number of nitrogens with one attached hydrogen (secondary N) is 2. The van der Waals surface area contributed by atoms with Crippen LogP contribution in [-0.4, -0.2) is 31.6 Å². The Balaban J connectivity index is 1.35. The summed E-state index contributed by atoms with van der Waals surface area (Å²) in [5, 5.41) is 8.91. The topological polar surface area (TPSA) is 77.7 Å². The van der Waals surface area contributed by atoms with Crippen molar-refractivity contribution in [3.8, 4) is 22.0 Å². The molecule has 1 aromatic carbocycles. The summed E-state index contributed by atoms with van der Waals surface area (Å²) in [6.45, 7) is 1.67. The highest BCUT2D eigenvalue weighted by molar-refractivity contribution is 7.13. The van der Waals surface area contributed by atoms with E-state index < -0.39 is 11.7 Å². The van der Waals surface area contributed by atoms with Crippen molar-refractivity contribution in [1.82, 2.24) is 25.1 Å². The van der Waals surface area contributed by atoms with Gasteiger partial charge >= 0.3 is 6.18 Å². The fourth-order valence-electron chi connectivity index (χ4n) is 3.89. The fourth-order valence-corrected chi connectivity index (χ4v) is 4.56. The number of halogens is 3. The zero-order chi connectivity index (χ0) is 22.3. The van der Waals surface area contributed by atoms with Crippen molar-refractivity contribution < 1.29 is 13.2 Å². The molecule has 0 spiro atoms. The Labute approximate surface area is 184 Å². The van der Waals surface area contributed by atoms with Gasteiger partial charge in [0.05, 0.1) is 33.6 Å². The molecule has 6 nitrogen and oxygen atoms in total. The largest absolute Gasteiger partial charge is 0.416 e. The van der Waals surface area contributed by atoms with E-state index in [0.29, 0.717) is 48.7 Å². The van der Waals surface area contributed by atoms with Crippen LogP contribution in [0.1, 0.15) is 22.4 Å². The molecule has 1 aliphatic rings. The van der Waals surface area contributed by atoms with Crippen LogP contribution in [0.15, 0.2) is 52.8 Å². The van der Waals surface area contributed by atoms with Gasteiger partial charge in [-0.05, 0) is 29.1 Å². The highest BCUT2D eigenvalue weighted by Gasteiger charge is 2.30. The van der Waals surface area contributed by atoms with Crippen LogP contribution in [-0.2, 0) is 25.7 Å². The number of aromatic nitrogens is 4. The molecule has 0 saturated carbocycles. The lowest BCUT2D eigenvalue weighted by atomic mass is 10.0. The summed E-state index contributed by atoms with van der Waals surface area (Å²) in [5.41, 5.74) is 2.78. The van der Waals surface area contributed by atoms with Gasteiger partial charge in [-0.2, -0.15) is 18.3 Å². The van der Waals surface area contributed by atoms with Crippen molar-refractivity contribution in [3.63, 3.8) is 0 Å². The summed E-state index contributed by atoms with van der Waals surface area (Å²) >= 11 is 1.52. The van der Waals surface area contributed by atoms with E-state index in [4.69, 9.17) is 0 Å². The van der Waals surface area contributed by atoms with Gasteiger partial charge in [0.2, 0.25) is 0 Å². The molecule has 3 aromatic heterocycles. The van der Waals surface area contributed by atoms with Gasteiger partial charge in [-0.15, -0.1) is 11.3 Å². The second-order valence-electron chi connectivity index (χ2n) is 7.62. The standard InChI is InChI=1S/C22H18F3N5OS/c23-22(24,25)15-5-3-13(4-6-15)19-14(10-26-29-19)11-30-8-7-17-16(12-30)21(31)28-20(27-17)18-2-1-9-32-18/h1-6,9-10H,7-8,11-12H2,(H,26,29)(H,27,28,31). The number of rotatable bonds is 4. The van der Waals surface area contributed by atoms with E-state index in [-0.39, 0.29) is 5.56 Å². The molecule has 0 aliphatic carbocycles. The molecule has 1 aliphatic heterocycles. The molecule has 4 heterocycles. The molecule has 0 amide bonds. The molecule has 5 rings (SSSR count). The van der Waals surface area contributed by atoms with Gasteiger partial charge in [-0.25, -0.2) is 4.98 Å². The maximum absolute atomic E-state index is 12.8. The van der Waals surface area contributed by atoms with Gasteiger partial charge in [-0.3, -0.25) is 14.8 Å². The number of aromatic amines is 2. The highest BCUT2D eigenvalue weighted by Crippen LogP contribution is 2.32. The molecule has 0 unspecified atom stereocenters. The van der Waals surface area contributed by atoms with E-state index in [9.17, 15) is 18.0 Å². The normalized spacial score (nSPS) is 14.5. The summed E-state index contributed by atoms with van der Waals surface area (Å²) in [6.07, 6.45) is -2.06. The first-order valence-electron chi connectivity index (χ1n) is 9.96. The lowest BCUT2D eigenvalue weighted by Crippen LogP contribution is -2.35. The minimum absolute atomic E-state index is 0.141. The third-order valence-electron chi connectivity index (χ3n) is 5.51. The Kier molecular flexibility index (Phi) is 5.18. The Bertz CT molecular complexity index is 1290. The monoisotopic (exact) mass is 457 g/mol. The molecule has 0 bridgehead atoms. The number of alkyl halides is 3. The Morgan fingerprint density at radius 1 is 1.16 bits per heavy atom. The number of benzene rings is 1. The van der Waals surface area contributed by atoms with Crippen molar-refractivity contribution in [1.29, 1.82) is 0 Å². The zero-order valence-corrected chi connectivity index (χ0v) is 17.6. The molecule has 0 fully saturated rings. The maximum Gasteiger partial charge on any atom is 0.416 e. The highest BCUT2D eigenvalue weighted by atomic mass is 32.1. The van der Waals surface area contributed by atoms with Crippen LogP contribution in [0, 0.1) is 0 Å². The molecule has 2 N–H and O–H groups in total. The van der Waals surface area contributed by atoms with Gasteiger partial charge < -0.3 is 4.98 Å². The lowest BCUT2D eigenvalue weighted by Gasteiger charge is -2.27. The summed E-state index contributed by atoms with van der Waals surface area (Å²) in [4.78, 5) is 23.3. The first-order chi connectivity index (χ1) is 15.4. The number of fused-ring (bicyclic) bond motifs is 1. The molecule has 32 heavy (non-hydrogen) atoms. The van der Waals surface area contributed by atoms with Crippen LogP contribution >= 0.6 is 11.3 Å². The molecule has 0 atom stereocenters. The molecular weight excluding hydrogens is 439 g/mol. The fraction of sp³-hybridized carbons (Fsp3) is 0.227. The molecule has 0 radical (unpaired) electrons. The zero-order valence-electron chi connectivity index (χ0n) is 16.7. The first kappa shape index (κ1) is 20.7. The van der Waals surface area contributed by atoms with Gasteiger partial charge in [0.15, 0.2) is 5.82 Å². The van der Waals surface area contributed by atoms with Gasteiger partial charge in [0, 0.05) is 31.6 Å². The van der Waals surface area contributed by atoms with Crippen molar-refractivity contribution in [2.45, 2.75) is 25.7 Å². The van der Waals surface area contributed by atoms with Crippen LogP contribution in [0.2, 0.25) is 0 Å². The third-order valence-corrected chi connectivity index (χ3v) is 6.39. The SMILES string of the molecule is O=c1[nH]c(-c2cccs2)nc2c1CN(Cc1cn[nH]c1-c1ccc(C(F)(F)F)cc1)CC2. The number of hydrogen-bond donors (Lipinski definition) is 2. The molecular formula is C22H18F3N5OS. The van der Waals surface area contributed by atoms with Crippen LogP contribution in [0.3, 0.4) is 0 Å². The Hall–Kier alpha value is -3.24. The average Bonchev–Trinajstić information content (AvgIpc) is 3.46. The molecule has 10 heteroatoms. The Morgan fingerprint density at radius 2 is 1.97 bits per heavy atom. The van der Waals surface area contributed by atoms with E-state index in [1.807, 2.05) is 17.5 Å². The van der Waals surface area contributed by atoms with Gasteiger partial charge in [0.1, 0.15) is 0 Å². The average molecular weight is 457 g/mol. The number of H-pyrrole nitrogens is 2. The van der Waals surface area contributed by atoms with Crippen LogP contribution in [0.25, 0.3) is 22.0 Å². The van der Waals surface area contributed by atoms with Crippen molar-refractivity contribution in [2.24, 2.45) is 0 Å². The predicted molar refractivity (Wildman–Crippen MR) is 115 cm³/mol. The molecule has 164 valence electrons. The second kappa shape index (κ2) is 8.03. The van der Waals surface area contributed by atoms with E-state index in [2.05, 4.69) is 25.1 Å². The van der Waals surface area contributed by atoms with E-state index >= 15 is 0 Å². The molecule has 0 saturated heterocycles. The molecule has 4 aromatic rings. The maximum atomic E-state index is 12.8. The minimum atomic E-state index is -4.37. The van der Waals surface area contributed by atoms with E-state index in [1.165, 1.54) is 23.5 Å². The first-order valence-corrected chi connectivity index (χ1v) is 10.8. The lowest BCUT2D eigenvalue weighted by molar-refractivity contribution is -0.137. The Morgan fingerprint density at radius 3 is 2.69 bits per heavy atom. The minimum Gasteiger partial charge on any atom is -0.306 e. The van der Waals surface area contributed by atoms with Crippen molar-refractivity contribution >= 4 is 11.3 Å². The quantitative estimate of drug-likeness (QED) is 0.474. The van der Waals surface area contributed by atoms with E-state index in [0.717, 1.165) is 28.3 Å². The summed E-state index contributed by atoms with van der Waals surface area (Å²) in [6, 6.07) is 8.84. The number of nitrogens with zero attached hydrogens (tertiary/aromatic N) is 3. The van der Waals surface area contributed by atoms with Crippen LogP contribution in [0.5, 0.6) is 0 Å². The predicted octanol–water partition coefficient (Wildman–Crippen LogP) is 4.47. The summed E-state index contributed by atoms with van der Waals surface area (Å²) < 4.78 is 38.5. The van der Waals surface area contributed by atoms with Gasteiger partial charge in [0.25, 0.3) is 5.56 Å². The number of thiophene rings is 1. The third kappa shape index (κ3) is 3.98. The van der Waals surface area contributed by atoms with Crippen LogP contribution in [0.4, 0.5) is 13.2 Å². The summed E-state index contributed by atoms with van der Waals surface area (Å²) in [5.74, 6) is 0.594. The van der Waals surface area contributed by atoms with E-state index in [1.54, 1.807) is 6.20 Å². The van der Waals surface area contributed by atoms with Gasteiger partial charge in [-0.1, -0.05) is 18.2 Å². The smallest absolute Gasteiger partial charge is 0.306 e. The summed E-state index contributed by atoms with van der Waals surface area (Å²) in [7, 11) is 0. The second-order valence-corrected chi connectivity index (χ2v) is 8.57.